The van der Waals surface area contributed by atoms with Gasteiger partial charge in [-0.25, -0.2) is 0 Å². The van der Waals surface area contributed by atoms with Crippen molar-refractivity contribution in [1.82, 2.24) is 4.90 Å². The zero-order valence-corrected chi connectivity index (χ0v) is 16.6. The van der Waals surface area contributed by atoms with Crippen LogP contribution in [0.4, 0.5) is 0 Å². The fourth-order valence-corrected chi connectivity index (χ4v) is 3.21. The molecule has 0 spiro atoms. The van der Waals surface area contributed by atoms with Crippen molar-refractivity contribution in [2.75, 3.05) is 26.2 Å². The summed E-state index contributed by atoms with van der Waals surface area (Å²) in [6.07, 6.45) is 13.7. The Morgan fingerprint density at radius 1 is 0.880 bits per heavy atom. The number of benzene rings is 1. The topological polar surface area (TPSA) is 12.5 Å². The first-order chi connectivity index (χ1) is 12.3. The van der Waals surface area contributed by atoms with E-state index in [1.807, 2.05) is 30.3 Å². The van der Waals surface area contributed by atoms with Crippen LogP contribution in [0.2, 0.25) is 0 Å². The van der Waals surface area contributed by atoms with Crippen LogP contribution in [0.5, 0.6) is 5.75 Å². The first-order valence-electron chi connectivity index (χ1n) is 10.4. The van der Waals surface area contributed by atoms with Gasteiger partial charge in [-0.15, -0.1) is 0 Å². The molecule has 0 N–H and O–H groups in total. The zero-order chi connectivity index (χ0) is 18.2. The van der Waals surface area contributed by atoms with Gasteiger partial charge in [-0.05, 0) is 63.0 Å². The minimum Gasteiger partial charge on any atom is -0.494 e. The number of hydrogen-bond acceptors (Lipinski definition) is 2. The summed E-state index contributed by atoms with van der Waals surface area (Å²) in [5, 5.41) is 0. The molecule has 142 valence electrons. The van der Waals surface area contributed by atoms with E-state index in [1.165, 1.54) is 71.0 Å². The van der Waals surface area contributed by atoms with E-state index in [0.717, 1.165) is 24.3 Å². The molecule has 0 radical (unpaired) electrons. The Kier molecular flexibility index (Phi) is 13.1. The molecule has 1 aromatic carbocycles. The maximum absolute atomic E-state index is 5.81. The molecule has 0 saturated carbocycles. The number of nitrogens with zero attached hydrogens (tertiary/aromatic N) is 1. The molecular formula is C23H39NO. The fraction of sp³-hybridized carbons (Fsp3) is 0.652. The van der Waals surface area contributed by atoms with Gasteiger partial charge in [-0.3, -0.25) is 0 Å². The van der Waals surface area contributed by atoms with Crippen LogP contribution in [0.1, 0.15) is 77.2 Å². The molecule has 0 unspecified atom stereocenters. The SMILES string of the molecule is C=Cc1cccc(OCCCCCCCCCN(CCC)CCC)c1. The molecule has 0 aromatic heterocycles. The van der Waals surface area contributed by atoms with Crippen LogP contribution in [-0.4, -0.2) is 31.1 Å². The van der Waals surface area contributed by atoms with Crippen molar-refractivity contribution >= 4 is 6.08 Å². The highest BCUT2D eigenvalue weighted by atomic mass is 16.5. The van der Waals surface area contributed by atoms with Gasteiger partial charge in [0.25, 0.3) is 0 Å². The second-order valence-electron chi connectivity index (χ2n) is 6.94. The van der Waals surface area contributed by atoms with Gasteiger partial charge in [0.05, 0.1) is 6.61 Å². The monoisotopic (exact) mass is 345 g/mol. The van der Waals surface area contributed by atoms with Crippen molar-refractivity contribution in [1.29, 1.82) is 0 Å². The van der Waals surface area contributed by atoms with E-state index in [1.54, 1.807) is 0 Å². The summed E-state index contributed by atoms with van der Waals surface area (Å²) in [7, 11) is 0. The van der Waals surface area contributed by atoms with Gasteiger partial charge in [0.2, 0.25) is 0 Å². The lowest BCUT2D eigenvalue weighted by Gasteiger charge is -2.20. The summed E-state index contributed by atoms with van der Waals surface area (Å²) in [6.45, 7) is 13.0. The Hall–Kier alpha value is -1.28. The van der Waals surface area contributed by atoms with E-state index < -0.39 is 0 Å². The van der Waals surface area contributed by atoms with Crippen molar-refractivity contribution in [3.8, 4) is 5.75 Å². The average molecular weight is 346 g/mol. The molecule has 2 nitrogen and oxygen atoms in total. The third kappa shape index (κ3) is 11.0. The largest absolute Gasteiger partial charge is 0.494 e. The van der Waals surface area contributed by atoms with Gasteiger partial charge in [0.15, 0.2) is 0 Å². The standard InChI is InChI=1S/C23H39NO/c1-4-17-24(18-5-2)19-12-10-8-7-9-11-13-20-25-23-16-14-15-22(6-3)21-23/h6,14-16,21H,3-5,7-13,17-20H2,1-2H3. The maximum atomic E-state index is 5.81. The van der Waals surface area contributed by atoms with Crippen molar-refractivity contribution in [3.05, 3.63) is 36.4 Å². The predicted molar refractivity (Wildman–Crippen MR) is 111 cm³/mol. The van der Waals surface area contributed by atoms with Crippen LogP contribution in [0.15, 0.2) is 30.8 Å². The quantitative estimate of drug-likeness (QED) is 0.314. The highest BCUT2D eigenvalue weighted by Crippen LogP contribution is 2.15. The Morgan fingerprint density at radius 2 is 1.52 bits per heavy atom. The molecule has 1 rings (SSSR count). The van der Waals surface area contributed by atoms with Crippen molar-refractivity contribution in [2.24, 2.45) is 0 Å². The number of rotatable bonds is 16. The summed E-state index contributed by atoms with van der Waals surface area (Å²) in [6, 6.07) is 8.14. The Morgan fingerprint density at radius 3 is 2.16 bits per heavy atom. The van der Waals surface area contributed by atoms with E-state index in [-0.39, 0.29) is 0 Å². The molecule has 0 aliphatic heterocycles. The Balaban J connectivity index is 1.94. The van der Waals surface area contributed by atoms with Gasteiger partial charge < -0.3 is 9.64 Å². The summed E-state index contributed by atoms with van der Waals surface area (Å²) in [5.74, 6) is 0.959. The van der Waals surface area contributed by atoms with Crippen molar-refractivity contribution < 1.29 is 4.74 Å². The molecule has 0 bridgehead atoms. The lowest BCUT2D eigenvalue weighted by molar-refractivity contribution is 0.267. The van der Waals surface area contributed by atoms with Crippen LogP contribution in [-0.2, 0) is 0 Å². The highest BCUT2D eigenvalue weighted by Gasteiger charge is 2.01. The predicted octanol–water partition coefficient (Wildman–Crippen LogP) is 6.56. The van der Waals surface area contributed by atoms with Crippen molar-refractivity contribution in [2.45, 2.75) is 71.6 Å². The molecule has 1 aromatic rings. The summed E-state index contributed by atoms with van der Waals surface area (Å²) in [5.41, 5.74) is 1.12. The lowest BCUT2D eigenvalue weighted by atomic mass is 10.1. The van der Waals surface area contributed by atoms with Crippen LogP contribution in [0.3, 0.4) is 0 Å². The van der Waals surface area contributed by atoms with Gasteiger partial charge in [-0.1, -0.05) is 70.7 Å². The lowest BCUT2D eigenvalue weighted by Crippen LogP contribution is -2.26. The number of ether oxygens (including phenoxy) is 1. The first kappa shape index (κ1) is 21.8. The first-order valence-corrected chi connectivity index (χ1v) is 10.4. The Bertz CT molecular complexity index is 437. The minimum atomic E-state index is 0.823. The molecule has 0 heterocycles. The number of unbranched alkanes of at least 4 members (excludes halogenated alkanes) is 6. The third-order valence-corrected chi connectivity index (χ3v) is 4.56. The number of hydrogen-bond donors (Lipinski definition) is 0. The van der Waals surface area contributed by atoms with Gasteiger partial charge in [0.1, 0.15) is 5.75 Å². The van der Waals surface area contributed by atoms with E-state index in [4.69, 9.17) is 4.74 Å². The van der Waals surface area contributed by atoms with E-state index in [0.29, 0.717) is 0 Å². The van der Waals surface area contributed by atoms with Crippen LogP contribution in [0.25, 0.3) is 6.08 Å². The molecule has 0 saturated heterocycles. The molecule has 0 aliphatic rings. The van der Waals surface area contributed by atoms with Crippen LogP contribution >= 0.6 is 0 Å². The third-order valence-electron chi connectivity index (χ3n) is 4.56. The molecule has 0 aliphatic carbocycles. The molecule has 2 heteroatoms. The van der Waals surface area contributed by atoms with E-state index in [2.05, 4.69) is 25.3 Å². The van der Waals surface area contributed by atoms with Crippen LogP contribution < -0.4 is 4.74 Å². The van der Waals surface area contributed by atoms with E-state index in [9.17, 15) is 0 Å². The highest BCUT2D eigenvalue weighted by molar-refractivity contribution is 5.49. The smallest absolute Gasteiger partial charge is 0.119 e. The summed E-state index contributed by atoms with van der Waals surface area (Å²) >= 11 is 0. The summed E-state index contributed by atoms with van der Waals surface area (Å²) in [4.78, 5) is 2.62. The van der Waals surface area contributed by atoms with Gasteiger partial charge >= 0.3 is 0 Å². The van der Waals surface area contributed by atoms with Crippen LogP contribution in [0, 0.1) is 0 Å². The van der Waals surface area contributed by atoms with Gasteiger partial charge in [-0.2, -0.15) is 0 Å². The average Bonchev–Trinajstić information content (AvgIpc) is 2.63. The molecule has 0 atom stereocenters. The molecule has 0 fully saturated rings. The van der Waals surface area contributed by atoms with Crippen molar-refractivity contribution in [3.63, 3.8) is 0 Å². The Labute approximate surface area is 156 Å². The van der Waals surface area contributed by atoms with Gasteiger partial charge in [0, 0.05) is 0 Å². The normalized spacial score (nSPS) is 11.0. The zero-order valence-electron chi connectivity index (χ0n) is 16.6. The molecule has 0 amide bonds. The second kappa shape index (κ2) is 15.0. The minimum absolute atomic E-state index is 0.823. The summed E-state index contributed by atoms with van der Waals surface area (Å²) < 4.78 is 5.81. The maximum Gasteiger partial charge on any atom is 0.119 e. The molecular weight excluding hydrogens is 306 g/mol. The fourth-order valence-electron chi connectivity index (χ4n) is 3.21. The van der Waals surface area contributed by atoms with E-state index >= 15 is 0 Å². The molecule has 25 heavy (non-hydrogen) atoms. The second-order valence-corrected chi connectivity index (χ2v) is 6.94.